The average Bonchev–Trinajstić information content (AvgIpc) is 2.29. The number of Topliss-reactive ketones (excluding diaryl/α,β-unsaturated/α-hetero) is 1. The monoisotopic (exact) mass is 230 g/mol. The maximum Gasteiger partial charge on any atom is 0.150 e. The van der Waals surface area contributed by atoms with Crippen LogP contribution < -0.4 is 0 Å². The molecule has 1 aromatic rings. The summed E-state index contributed by atoms with van der Waals surface area (Å²) >= 11 is 0. The van der Waals surface area contributed by atoms with E-state index in [0.29, 0.717) is 12.0 Å². The predicted octanol–water partition coefficient (Wildman–Crippen LogP) is 3.58. The molecule has 90 valence electrons. The van der Waals surface area contributed by atoms with Gasteiger partial charge in [-0.15, -0.1) is 0 Å². The average molecular weight is 230 g/mol. The van der Waals surface area contributed by atoms with E-state index in [-0.39, 0.29) is 5.78 Å². The van der Waals surface area contributed by atoms with Crippen molar-refractivity contribution in [3.8, 4) is 0 Å². The summed E-state index contributed by atoms with van der Waals surface area (Å²) in [7, 11) is 0. The van der Waals surface area contributed by atoms with Crippen LogP contribution in [-0.4, -0.2) is 12.1 Å². The van der Waals surface area contributed by atoms with Gasteiger partial charge < -0.3 is 4.79 Å². The van der Waals surface area contributed by atoms with Crippen molar-refractivity contribution >= 4 is 17.6 Å². The molecule has 0 saturated heterocycles. The van der Waals surface area contributed by atoms with Crippen molar-refractivity contribution in [3.63, 3.8) is 0 Å². The molecule has 0 fully saturated rings. The lowest BCUT2D eigenvalue weighted by Gasteiger charge is -2.07. The van der Waals surface area contributed by atoms with Gasteiger partial charge >= 0.3 is 0 Å². The number of hydrogen-bond donors (Lipinski definition) is 0. The van der Waals surface area contributed by atoms with Crippen molar-refractivity contribution in [2.24, 2.45) is 0 Å². The zero-order valence-corrected chi connectivity index (χ0v) is 10.5. The number of allylic oxidation sites excluding steroid dienone is 1. The van der Waals surface area contributed by atoms with Crippen LogP contribution in [0.5, 0.6) is 0 Å². The summed E-state index contributed by atoms with van der Waals surface area (Å²) in [5.74, 6) is 0.204. The number of ketones is 1. The minimum atomic E-state index is 0.204. The molecule has 1 rings (SSSR count). The van der Waals surface area contributed by atoms with Gasteiger partial charge in [-0.2, -0.15) is 0 Å². The van der Waals surface area contributed by atoms with Crippen molar-refractivity contribution in [1.29, 1.82) is 0 Å². The Hall–Kier alpha value is -1.70. The molecule has 0 aliphatic rings. The number of rotatable bonds is 6. The van der Waals surface area contributed by atoms with Crippen LogP contribution in [0, 0.1) is 6.92 Å². The van der Waals surface area contributed by atoms with Gasteiger partial charge in [-0.3, -0.25) is 4.79 Å². The van der Waals surface area contributed by atoms with Gasteiger partial charge in [-0.1, -0.05) is 18.7 Å². The Balaban J connectivity index is 2.69. The molecule has 0 amide bonds. The Morgan fingerprint density at radius 2 is 2.06 bits per heavy atom. The van der Waals surface area contributed by atoms with Crippen LogP contribution in [0.3, 0.4) is 0 Å². The first-order valence-corrected chi connectivity index (χ1v) is 5.78. The zero-order valence-electron chi connectivity index (χ0n) is 10.5. The van der Waals surface area contributed by atoms with Gasteiger partial charge in [0.25, 0.3) is 0 Å². The van der Waals surface area contributed by atoms with E-state index in [1.54, 1.807) is 6.92 Å². The van der Waals surface area contributed by atoms with E-state index in [4.69, 9.17) is 0 Å². The summed E-state index contributed by atoms with van der Waals surface area (Å²) in [6.07, 6.45) is 3.06. The van der Waals surface area contributed by atoms with Gasteiger partial charge in [0.1, 0.15) is 12.1 Å². The van der Waals surface area contributed by atoms with Crippen LogP contribution in [0.4, 0.5) is 0 Å². The van der Waals surface area contributed by atoms with E-state index >= 15 is 0 Å². The molecule has 0 aliphatic heterocycles. The quantitative estimate of drug-likeness (QED) is 0.700. The van der Waals surface area contributed by atoms with Crippen molar-refractivity contribution in [3.05, 3.63) is 41.5 Å². The maximum atomic E-state index is 10.8. The lowest BCUT2D eigenvalue weighted by atomic mass is 9.97. The van der Waals surface area contributed by atoms with Crippen LogP contribution in [0.15, 0.2) is 24.8 Å². The van der Waals surface area contributed by atoms with Crippen molar-refractivity contribution < 1.29 is 9.59 Å². The highest BCUT2D eigenvalue weighted by atomic mass is 16.1. The zero-order chi connectivity index (χ0) is 12.8. The molecular formula is C15H18O2. The number of hydrogen-bond acceptors (Lipinski definition) is 2. The number of carbonyl (C=O) groups excluding carboxylic acids is 2. The first-order chi connectivity index (χ1) is 8.04. The summed E-state index contributed by atoms with van der Waals surface area (Å²) in [5.41, 5.74) is 3.64. The molecule has 0 aliphatic carbocycles. The molecule has 0 aromatic heterocycles. The smallest absolute Gasteiger partial charge is 0.150 e. The summed E-state index contributed by atoms with van der Waals surface area (Å²) in [5, 5.41) is 0. The highest BCUT2D eigenvalue weighted by Gasteiger charge is 2.03. The summed E-state index contributed by atoms with van der Waals surface area (Å²) in [4.78, 5) is 21.7. The minimum absolute atomic E-state index is 0.204. The third kappa shape index (κ3) is 3.99. The van der Waals surface area contributed by atoms with Crippen LogP contribution in [0.1, 0.15) is 47.7 Å². The van der Waals surface area contributed by atoms with Gasteiger partial charge in [-0.25, -0.2) is 0 Å². The molecule has 2 nitrogen and oxygen atoms in total. The summed E-state index contributed by atoms with van der Waals surface area (Å²) in [6.45, 7) is 7.50. The van der Waals surface area contributed by atoms with Gasteiger partial charge in [0.2, 0.25) is 0 Å². The van der Waals surface area contributed by atoms with E-state index in [1.807, 2.05) is 25.1 Å². The first kappa shape index (κ1) is 13.4. The highest BCUT2D eigenvalue weighted by Crippen LogP contribution is 2.21. The Kier molecular flexibility index (Phi) is 4.83. The lowest BCUT2D eigenvalue weighted by Crippen LogP contribution is -1.93. The fourth-order valence-electron chi connectivity index (χ4n) is 1.68. The molecule has 0 saturated carbocycles. The maximum absolute atomic E-state index is 10.8. The molecule has 0 radical (unpaired) electrons. The summed E-state index contributed by atoms with van der Waals surface area (Å²) < 4.78 is 0. The first-order valence-electron chi connectivity index (χ1n) is 5.78. The van der Waals surface area contributed by atoms with E-state index in [1.165, 1.54) is 0 Å². The second kappa shape index (κ2) is 6.14. The lowest BCUT2D eigenvalue weighted by molar-refractivity contribution is -0.117. The van der Waals surface area contributed by atoms with E-state index < -0.39 is 0 Å². The molecule has 0 bridgehead atoms. The van der Waals surface area contributed by atoms with Gasteiger partial charge in [0, 0.05) is 12.0 Å². The van der Waals surface area contributed by atoms with E-state index in [9.17, 15) is 9.59 Å². The third-order valence-electron chi connectivity index (χ3n) is 2.82. The molecule has 1 aromatic carbocycles. The number of aldehydes is 1. The Labute approximate surface area is 102 Å². The van der Waals surface area contributed by atoms with Crippen LogP contribution >= 0.6 is 0 Å². The molecule has 2 heteroatoms. The topological polar surface area (TPSA) is 34.1 Å². The van der Waals surface area contributed by atoms with Crippen LogP contribution in [-0.2, 0) is 4.79 Å². The molecular weight excluding hydrogens is 212 g/mol. The van der Waals surface area contributed by atoms with Gasteiger partial charge in [-0.05, 0) is 49.5 Å². The molecule has 0 unspecified atom stereocenters. The number of benzene rings is 1. The standard InChI is InChI=1S/C15H18O2/c1-11(5-4-6-13(3)17)14-8-7-12(2)15(9-14)10-16/h7-10H,1,4-6H2,2-3H3. The number of carbonyl (C=O) groups is 2. The third-order valence-corrected chi connectivity index (χ3v) is 2.82. The second-order valence-electron chi connectivity index (χ2n) is 4.35. The fraction of sp³-hybridized carbons (Fsp3) is 0.333. The largest absolute Gasteiger partial charge is 0.300 e. The molecule has 0 N–H and O–H groups in total. The molecule has 0 spiro atoms. The highest BCUT2D eigenvalue weighted by molar-refractivity contribution is 5.80. The van der Waals surface area contributed by atoms with Crippen molar-refractivity contribution in [2.45, 2.75) is 33.1 Å². The summed E-state index contributed by atoms with van der Waals surface area (Å²) in [6, 6.07) is 5.76. The SMILES string of the molecule is C=C(CCCC(C)=O)c1ccc(C)c(C=O)c1. The number of aryl methyl sites for hydroxylation is 1. The fourth-order valence-corrected chi connectivity index (χ4v) is 1.68. The van der Waals surface area contributed by atoms with Crippen LogP contribution in [0.25, 0.3) is 5.57 Å². The second-order valence-corrected chi connectivity index (χ2v) is 4.35. The van der Waals surface area contributed by atoms with Crippen molar-refractivity contribution in [1.82, 2.24) is 0 Å². The Bertz CT molecular complexity index is 444. The van der Waals surface area contributed by atoms with E-state index in [2.05, 4.69) is 6.58 Å². The Morgan fingerprint density at radius 1 is 1.35 bits per heavy atom. The van der Waals surface area contributed by atoms with Gasteiger partial charge in [0.05, 0.1) is 0 Å². The molecule has 0 heterocycles. The van der Waals surface area contributed by atoms with E-state index in [0.717, 1.165) is 35.8 Å². The molecule has 0 atom stereocenters. The normalized spacial score (nSPS) is 10.0. The van der Waals surface area contributed by atoms with Crippen molar-refractivity contribution in [2.75, 3.05) is 0 Å². The molecule has 17 heavy (non-hydrogen) atoms. The van der Waals surface area contributed by atoms with Gasteiger partial charge in [0.15, 0.2) is 0 Å². The minimum Gasteiger partial charge on any atom is -0.300 e. The van der Waals surface area contributed by atoms with Crippen LogP contribution in [0.2, 0.25) is 0 Å². The Morgan fingerprint density at radius 3 is 2.65 bits per heavy atom. The predicted molar refractivity (Wildman–Crippen MR) is 70.1 cm³/mol.